The summed E-state index contributed by atoms with van der Waals surface area (Å²) in [5.74, 6) is -3.52. The number of hydrogen-bond donors (Lipinski definition) is 6. The van der Waals surface area contributed by atoms with Crippen LogP contribution in [-0.4, -0.2) is 68.1 Å². The first-order valence-electron chi connectivity index (χ1n) is 11.0. The van der Waals surface area contributed by atoms with Gasteiger partial charge in [0, 0.05) is 30.1 Å². The molecule has 1 amide bonds. The number of halogens is 1. The van der Waals surface area contributed by atoms with Crippen LogP contribution < -0.4 is 10.9 Å². The standard InChI is InChI=1S/C24H23BrN2O11/c25-16-7-14-13(11-37-24(36)26-4-3-12-1-2-17(28)18(29)5-12)6-21(34)38-23(14)15(22(16)35)8-27(9-19(30)31)10-20(32)33/h1-2,5-7,28-29,35H,3-4,8-11H2,(H,26,36)(H,30,31)(H,32,33). The molecule has 0 saturated heterocycles. The average Bonchev–Trinajstić information content (AvgIpc) is 2.82. The monoisotopic (exact) mass is 594 g/mol. The zero-order valence-corrected chi connectivity index (χ0v) is 21.2. The molecule has 14 heteroatoms. The van der Waals surface area contributed by atoms with Crippen molar-refractivity contribution in [1.29, 1.82) is 0 Å². The third kappa shape index (κ3) is 7.36. The largest absolute Gasteiger partial charge is 0.506 e. The van der Waals surface area contributed by atoms with Crippen LogP contribution >= 0.6 is 15.9 Å². The molecule has 0 saturated carbocycles. The number of fused-ring (bicyclic) bond motifs is 1. The van der Waals surface area contributed by atoms with Gasteiger partial charge in [-0.3, -0.25) is 14.5 Å². The number of phenols is 3. The van der Waals surface area contributed by atoms with Gasteiger partial charge in [-0.25, -0.2) is 9.59 Å². The van der Waals surface area contributed by atoms with E-state index in [4.69, 9.17) is 19.4 Å². The van der Waals surface area contributed by atoms with Gasteiger partial charge in [0.05, 0.1) is 23.1 Å². The molecule has 6 N–H and O–H groups in total. The molecule has 0 aliphatic rings. The van der Waals surface area contributed by atoms with Crippen molar-refractivity contribution in [3.63, 3.8) is 0 Å². The predicted octanol–water partition coefficient (Wildman–Crippen LogP) is 2.11. The van der Waals surface area contributed by atoms with Crippen molar-refractivity contribution in [3.05, 3.63) is 61.9 Å². The Morgan fingerprint density at radius 1 is 1.00 bits per heavy atom. The minimum atomic E-state index is -1.30. The van der Waals surface area contributed by atoms with E-state index in [1.807, 2.05) is 0 Å². The van der Waals surface area contributed by atoms with Gasteiger partial charge in [0.1, 0.15) is 17.9 Å². The average molecular weight is 595 g/mol. The molecule has 0 aliphatic heterocycles. The molecule has 3 aromatic rings. The fourth-order valence-corrected chi connectivity index (χ4v) is 4.12. The van der Waals surface area contributed by atoms with Gasteiger partial charge < -0.3 is 40.0 Å². The Morgan fingerprint density at radius 3 is 2.32 bits per heavy atom. The van der Waals surface area contributed by atoms with Crippen LogP contribution in [0.1, 0.15) is 16.7 Å². The molecule has 1 heterocycles. The molecule has 0 spiro atoms. The van der Waals surface area contributed by atoms with E-state index in [-0.39, 0.29) is 63.5 Å². The fraction of sp³-hybridized carbons (Fsp3) is 0.250. The SMILES string of the molecule is O=C(O)CN(CC(=O)O)Cc1c(O)c(Br)cc2c(COC(=O)NCCc3ccc(O)c(O)c3)cc(=O)oc12. The number of benzene rings is 2. The van der Waals surface area contributed by atoms with Crippen molar-refractivity contribution in [2.24, 2.45) is 0 Å². The molecule has 0 aliphatic carbocycles. The third-order valence-electron chi connectivity index (χ3n) is 5.32. The number of hydrogen-bond acceptors (Lipinski definition) is 10. The predicted molar refractivity (Wildman–Crippen MR) is 134 cm³/mol. The van der Waals surface area contributed by atoms with Crippen LogP contribution in [-0.2, 0) is 33.9 Å². The van der Waals surface area contributed by atoms with Crippen LogP contribution in [0.3, 0.4) is 0 Å². The third-order valence-corrected chi connectivity index (χ3v) is 5.93. The maximum atomic E-state index is 12.3. The number of nitrogens with one attached hydrogen (secondary N) is 1. The maximum absolute atomic E-state index is 12.3. The highest BCUT2D eigenvalue weighted by Crippen LogP contribution is 2.36. The summed E-state index contributed by atoms with van der Waals surface area (Å²) in [6.45, 7) is -1.90. The first kappa shape index (κ1) is 28.3. The maximum Gasteiger partial charge on any atom is 0.407 e. The number of carbonyl (C=O) groups excluding carboxylic acids is 1. The van der Waals surface area contributed by atoms with Gasteiger partial charge in [-0.05, 0) is 46.1 Å². The van der Waals surface area contributed by atoms with E-state index in [0.717, 1.165) is 11.0 Å². The minimum Gasteiger partial charge on any atom is -0.506 e. The molecule has 13 nitrogen and oxygen atoms in total. The van der Waals surface area contributed by atoms with Crippen LogP contribution in [0.5, 0.6) is 17.2 Å². The van der Waals surface area contributed by atoms with Crippen LogP contribution in [0, 0.1) is 0 Å². The number of carboxylic acids is 2. The summed E-state index contributed by atoms with van der Waals surface area (Å²) >= 11 is 3.18. The number of rotatable bonds is 11. The zero-order valence-electron chi connectivity index (χ0n) is 19.6. The zero-order chi connectivity index (χ0) is 28.0. The summed E-state index contributed by atoms with van der Waals surface area (Å²) in [5.41, 5.74) is -0.110. The molecule has 202 valence electrons. The molecule has 0 radical (unpaired) electrons. The van der Waals surface area contributed by atoms with Crippen LogP contribution in [0.4, 0.5) is 4.79 Å². The van der Waals surface area contributed by atoms with Crippen molar-refractivity contribution in [2.45, 2.75) is 19.6 Å². The lowest BCUT2D eigenvalue weighted by Gasteiger charge is -2.20. The summed E-state index contributed by atoms with van der Waals surface area (Å²) in [4.78, 5) is 47.8. The summed E-state index contributed by atoms with van der Waals surface area (Å²) in [7, 11) is 0. The van der Waals surface area contributed by atoms with E-state index in [1.54, 1.807) is 6.07 Å². The van der Waals surface area contributed by atoms with E-state index in [9.17, 15) is 34.5 Å². The van der Waals surface area contributed by atoms with Crippen molar-refractivity contribution in [2.75, 3.05) is 19.6 Å². The Balaban J connectivity index is 1.78. The molecule has 0 fully saturated rings. The number of aliphatic carboxylic acids is 2. The fourth-order valence-electron chi connectivity index (χ4n) is 3.65. The number of carboxylic acid groups (broad SMARTS) is 2. The van der Waals surface area contributed by atoms with E-state index in [0.29, 0.717) is 12.0 Å². The van der Waals surface area contributed by atoms with E-state index in [2.05, 4.69) is 21.2 Å². The van der Waals surface area contributed by atoms with E-state index in [1.165, 1.54) is 18.2 Å². The first-order valence-corrected chi connectivity index (χ1v) is 11.8. The molecule has 38 heavy (non-hydrogen) atoms. The molecule has 0 unspecified atom stereocenters. The van der Waals surface area contributed by atoms with Crippen molar-refractivity contribution < 1.29 is 49.1 Å². The second-order valence-electron chi connectivity index (χ2n) is 8.16. The second-order valence-corrected chi connectivity index (χ2v) is 9.02. The van der Waals surface area contributed by atoms with Gasteiger partial charge in [-0.1, -0.05) is 6.07 Å². The molecular formula is C24H23BrN2O11. The number of aromatic hydroxyl groups is 3. The minimum absolute atomic E-state index is 0.0302. The van der Waals surface area contributed by atoms with Crippen LogP contribution in [0.2, 0.25) is 0 Å². The number of alkyl carbamates (subject to hydrolysis) is 1. The van der Waals surface area contributed by atoms with Gasteiger partial charge in [0.2, 0.25) is 0 Å². The number of ether oxygens (including phenoxy) is 1. The van der Waals surface area contributed by atoms with Crippen LogP contribution in [0.15, 0.2) is 44.0 Å². The lowest BCUT2D eigenvalue weighted by Crippen LogP contribution is -2.34. The number of nitrogens with zero attached hydrogens (tertiary/aromatic N) is 1. The Kier molecular flexibility index (Phi) is 9.15. The van der Waals surface area contributed by atoms with Crippen molar-refractivity contribution in [3.8, 4) is 17.2 Å². The molecule has 0 atom stereocenters. The van der Waals surface area contributed by atoms with Gasteiger partial charge in [0.25, 0.3) is 0 Å². The Labute approximate surface area is 222 Å². The van der Waals surface area contributed by atoms with Crippen molar-refractivity contribution in [1.82, 2.24) is 10.2 Å². The molecule has 3 rings (SSSR count). The Morgan fingerprint density at radius 2 is 1.68 bits per heavy atom. The highest BCUT2D eigenvalue weighted by molar-refractivity contribution is 9.10. The smallest absolute Gasteiger partial charge is 0.407 e. The number of carbonyl (C=O) groups is 3. The highest BCUT2D eigenvalue weighted by Gasteiger charge is 2.22. The molecular weight excluding hydrogens is 572 g/mol. The summed E-state index contributed by atoms with van der Waals surface area (Å²) in [6.07, 6.45) is -0.471. The summed E-state index contributed by atoms with van der Waals surface area (Å²) in [6, 6.07) is 6.77. The van der Waals surface area contributed by atoms with Gasteiger partial charge in [-0.15, -0.1) is 0 Å². The number of amides is 1. The lowest BCUT2D eigenvalue weighted by molar-refractivity contribution is -0.142. The number of phenolic OH excluding ortho intramolecular Hbond substituents is 3. The highest BCUT2D eigenvalue weighted by atomic mass is 79.9. The lowest BCUT2D eigenvalue weighted by atomic mass is 10.0. The summed E-state index contributed by atoms with van der Waals surface area (Å²) in [5, 5.41) is 50.5. The molecule has 0 bridgehead atoms. The topological polar surface area (TPSA) is 207 Å². The molecule has 1 aromatic heterocycles. The van der Waals surface area contributed by atoms with E-state index < -0.39 is 36.7 Å². The molecule has 2 aromatic carbocycles. The Bertz CT molecular complexity index is 1420. The van der Waals surface area contributed by atoms with Gasteiger partial charge in [-0.2, -0.15) is 0 Å². The quantitative estimate of drug-likeness (QED) is 0.139. The normalized spacial score (nSPS) is 11.0. The van der Waals surface area contributed by atoms with E-state index >= 15 is 0 Å². The van der Waals surface area contributed by atoms with Gasteiger partial charge >= 0.3 is 23.7 Å². The van der Waals surface area contributed by atoms with Crippen molar-refractivity contribution >= 4 is 44.9 Å². The van der Waals surface area contributed by atoms with Gasteiger partial charge in [0.15, 0.2) is 11.5 Å². The first-order chi connectivity index (χ1) is 17.9. The van der Waals surface area contributed by atoms with Crippen LogP contribution in [0.25, 0.3) is 11.0 Å². The summed E-state index contributed by atoms with van der Waals surface area (Å²) < 4.78 is 10.6. The second kappa shape index (κ2) is 12.3. The Hall–Kier alpha value is -4.30.